The second-order valence-electron chi connectivity index (χ2n) is 16.4. The second-order valence-corrected chi connectivity index (χ2v) is 17.2. The Morgan fingerprint density at radius 2 is 1.37 bits per heavy atom. The molecule has 57 heavy (non-hydrogen) atoms. The number of thiophene rings is 1. The van der Waals surface area contributed by atoms with Gasteiger partial charge in [0.15, 0.2) is 0 Å². The molecule has 0 spiro atoms. The van der Waals surface area contributed by atoms with Crippen LogP contribution in [0.15, 0.2) is 46.8 Å². The number of aliphatic imine (C=N–C) groups is 1. The van der Waals surface area contributed by atoms with E-state index in [4.69, 9.17) is 24.1 Å². The molecule has 0 fully saturated rings. The number of nitrogens with one attached hydrogen (secondary N) is 3. The Bertz CT molecular complexity index is 1990. The molecule has 1 aromatic carbocycles. The van der Waals surface area contributed by atoms with E-state index in [-0.39, 0.29) is 11.9 Å². The predicted octanol–water partition coefficient (Wildman–Crippen LogP) is 7.03. The minimum Gasteiger partial charge on any atom is -0.444 e. The van der Waals surface area contributed by atoms with Crippen molar-refractivity contribution in [2.75, 3.05) is 31.5 Å². The van der Waals surface area contributed by atoms with Gasteiger partial charge in [0.05, 0.1) is 0 Å². The molecule has 17 heteroatoms. The van der Waals surface area contributed by atoms with Gasteiger partial charge in [-0.1, -0.05) is 18.2 Å². The van der Waals surface area contributed by atoms with E-state index in [0.29, 0.717) is 55.3 Å². The van der Waals surface area contributed by atoms with E-state index in [9.17, 15) is 19.2 Å². The van der Waals surface area contributed by atoms with Gasteiger partial charge in [0, 0.05) is 13.1 Å². The molecule has 3 heterocycles. The van der Waals surface area contributed by atoms with Crippen molar-refractivity contribution in [1.29, 1.82) is 5.26 Å². The molecule has 15 nitrogen and oxygen atoms in total. The molecule has 2 aliphatic rings. The molecule has 0 saturated heterocycles. The number of nitriles is 1. The summed E-state index contributed by atoms with van der Waals surface area (Å²) in [5.74, 6) is -0.168. The Labute approximate surface area is 339 Å². The van der Waals surface area contributed by atoms with Crippen LogP contribution in [0.1, 0.15) is 102 Å². The number of rotatable bonds is 7. The maximum absolute atomic E-state index is 13.4. The first kappa shape index (κ1) is 44.1. The maximum atomic E-state index is 13.4. The van der Waals surface area contributed by atoms with Crippen LogP contribution in [-0.4, -0.2) is 95.8 Å². The SMILES string of the molecule is Cc1c(C2=CCN(C(=BOC#N)NC(=O)OC(C)(C)C)CC2)csc1C(=O)Nc1ccc(C2=CCN(C(=NC(=O)OC(C)(C)C)NC(=O)OC(C)(C)C)CC2)cc1. The quantitative estimate of drug-likeness (QED) is 0.0859. The van der Waals surface area contributed by atoms with Crippen LogP contribution in [0, 0.1) is 18.4 Å². The van der Waals surface area contributed by atoms with Gasteiger partial charge in [0.2, 0.25) is 5.96 Å². The second kappa shape index (κ2) is 18.5. The van der Waals surface area contributed by atoms with Crippen LogP contribution in [0.4, 0.5) is 20.1 Å². The summed E-state index contributed by atoms with van der Waals surface area (Å²) < 4.78 is 20.9. The van der Waals surface area contributed by atoms with Gasteiger partial charge in [-0.3, -0.25) is 5.32 Å². The first-order chi connectivity index (χ1) is 26.6. The number of ether oxygens (including phenoxy) is 3. The number of hydrogen-bond donors (Lipinski definition) is 3. The average molecular weight is 802 g/mol. The van der Waals surface area contributed by atoms with E-state index in [2.05, 4.69) is 20.9 Å². The number of hydrogen-bond acceptors (Lipinski definition) is 11. The summed E-state index contributed by atoms with van der Waals surface area (Å²) in [7, 11) is 1.18. The van der Waals surface area contributed by atoms with Crippen molar-refractivity contribution in [1.82, 2.24) is 20.4 Å². The first-order valence-electron chi connectivity index (χ1n) is 18.6. The molecule has 0 unspecified atom stereocenters. The average Bonchev–Trinajstić information content (AvgIpc) is 3.49. The number of benzene rings is 1. The van der Waals surface area contributed by atoms with Gasteiger partial charge in [-0.25, -0.2) is 9.59 Å². The number of alkyl carbamates (subject to hydrolysis) is 2. The van der Waals surface area contributed by atoms with Crippen molar-refractivity contribution < 1.29 is 38.0 Å². The zero-order valence-electron chi connectivity index (χ0n) is 34.3. The summed E-state index contributed by atoms with van der Waals surface area (Å²) in [6, 6.07) is 7.60. The summed E-state index contributed by atoms with van der Waals surface area (Å²) in [6.45, 7) is 19.5. The summed E-state index contributed by atoms with van der Waals surface area (Å²) in [5, 5.41) is 19.2. The third-order valence-electron chi connectivity index (χ3n) is 8.22. The van der Waals surface area contributed by atoms with Crippen molar-refractivity contribution in [2.24, 2.45) is 4.99 Å². The van der Waals surface area contributed by atoms with Gasteiger partial charge in [-0.05, 0) is 59.1 Å². The zero-order chi connectivity index (χ0) is 42.1. The van der Waals surface area contributed by atoms with Gasteiger partial charge >= 0.3 is 198 Å². The molecule has 4 rings (SSSR count). The number of carbonyl (C=O) groups excluding carboxylic acids is 4. The van der Waals surface area contributed by atoms with E-state index in [1.807, 2.05) is 53.6 Å². The first-order valence-corrected chi connectivity index (χ1v) is 19.4. The van der Waals surface area contributed by atoms with Crippen LogP contribution in [0.2, 0.25) is 0 Å². The summed E-state index contributed by atoms with van der Waals surface area (Å²) >= 11 is 1.38. The number of anilines is 1. The Morgan fingerprint density at radius 3 is 1.91 bits per heavy atom. The zero-order valence-corrected chi connectivity index (χ0v) is 35.1. The van der Waals surface area contributed by atoms with Crippen LogP contribution >= 0.6 is 11.3 Å². The fraction of sp³-hybridized carbons (Fsp3) is 0.475. The van der Waals surface area contributed by atoms with Crippen LogP contribution in [0.25, 0.3) is 11.1 Å². The van der Waals surface area contributed by atoms with E-state index in [1.54, 1.807) is 73.5 Å². The molecule has 0 aliphatic carbocycles. The minimum absolute atomic E-state index is 0.0432. The van der Waals surface area contributed by atoms with Gasteiger partial charge in [-0.2, -0.15) is 0 Å². The van der Waals surface area contributed by atoms with E-state index in [1.165, 1.54) is 18.5 Å². The van der Waals surface area contributed by atoms with E-state index in [0.717, 1.165) is 27.8 Å². The van der Waals surface area contributed by atoms with Crippen molar-refractivity contribution in [3.05, 3.63) is 63.4 Å². The number of guanidine groups is 1. The van der Waals surface area contributed by atoms with Crippen LogP contribution in [0.5, 0.6) is 0 Å². The summed E-state index contributed by atoms with van der Waals surface area (Å²) in [5.41, 5.74) is 3.73. The molecule has 304 valence electrons. The third kappa shape index (κ3) is 13.8. The Balaban J connectivity index is 1.39. The molecule has 2 aromatic rings. The molecule has 0 atom stereocenters. The number of nitrogens with zero attached hydrogens (tertiary/aromatic N) is 4. The van der Waals surface area contributed by atoms with Gasteiger partial charge < -0.3 is 14.4 Å². The molecule has 0 radical (unpaired) electrons. The van der Waals surface area contributed by atoms with Crippen molar-refractivity contribution in [2.45, 2.75) is 98.9 Å². The molecule has 1 aromatic heterocycles. The number of carbonyl (C=O) groups is 4. The van der Waals surface area contributed by atoms with Gasteiger partial charge in [0.1, 0.15) is 11.2 Å². The predicted molar refractivity (Wildman–Crippen MR) is 222 cm³/mol. The molecule has 0 bridgehead atoms. The molecular formula is C40H52BN7O8S. The number of amides is 4. The minimum atomic E-state index is -0.824. The third-order valence-corrected chi connectivity index (χ3v) is 9.30. The Hall–Kier alpha value is -5.63. The van der Waals surface area contributed by atoms with Crippen LogP contribution < -0.4 is 16.0 Å². The smallest absolute Gasteiger partial charge is 0.444 e. The van der Waals surface area contributed by atoms with Crippen molar-refractivity contribution >= 4 is 71.2 Å². The molecular weight excluding hydrogens is 749 g/mol. The molecule has 2 aliphatic heterocycles. The fourth-order valence-electron chi connectivity index (χ4n) is 5.79. The van der Waals surface area contributed by atoms with Crippen molar-refractivity contribution in [3.63, 3.8) is 0 Å². The fourth-order valence-corrected chi connectivity index (χ4v) is 6.79. The summed E-state index contributed by atoms with van der Waals surface area (Å²) in [6.07, 6.45) is 4.65. The van der Waals surface area contributed by atoms with E-state index >= 15 is 0 Å². The monoisotopic (exact) mass is 801 g/mol. The Kier molecular flexibility index (Phi) is 14.3. The van der Waals surface area contributed by atoms with Crippen LogP contribution in [-0.2, 0) is 18.9 Å². The Morgan fingerprint density at radius 1 is 0.807 bits per heavy atom. The van der Waals surface area contributed by atoms with E-state index < -0.39 is 35.1 Å². The molecule has 4 amide bonds. The van der Waals surface area contributed by atoms with Crippen molar-refractivity contribution in [3.8, 4) is 6.26 Å². The topological polar surface area (TPSA) is 184 Å². The molecule has 3 N–H and O–H groups in total. The van der Waals surface area contributed by atoms with Gasteiger partial charge in [-0.15, -0.1) is 4.99 Å². The normalized spacial score (nSPS) is 15.2. The van der Waals surface area contributed by atoms with Gasteiger partial charge in [0.25, 0.3) is 0 Å². The molecule has 0 saturated carbocycles. The standard InChI is InChI=1S/C40H52BN7O8S/c1-25-30(28-17-19-47(20-18-28)33(41-53-24-42)44-35(50)54-38(2,3)4)23-57-31(25)32(49)43-29-13-11-26(12-14-29)27-15-21-48(22-16-27)34(45-36(51)55-39(5,6)7)46-37(52)56-40(8,9)10/h11-15,17,23H,16,18-22H2,1-10H3,(H,43,49)(H,44,50)(H,45,46,51,52). The summed E-state index contributed by atoms with van der Waals surface area (Å²) in [4.78, 5) is 59.3. The van der Waals surface area contributed by atoms with Crippen LogP contribution in [0.3, 0.4) is 0 Å².